The van der Waals surface area contributed by atoms with E-state index >= 15 is 0 Å². The van der Waals surface area contributed by atoms with Gasteiger partial charge in [0, 0.05) is 26.6 Å². The van der Waals surface area contributed by atoms with E-state index in [9.17, 15) is 9.90 Å². The van der Waals surface area contributed by atoms with Crippen molar-refractivity contribution in [3.8, 4) is 0 Å². The van der Waals surface area contributed by atoms with Crippen LogP contribution in [-0.2, 0) is 14.3 Å². The Morgan fingerprint density at radius 2 is 1.81 bits per heavy atom. The summed E-state index contributed by atoms with van der Waals surface area (Å²) in [4.78, 5) is 14.3. The molecular weight excluding hydrogens is 390 g/mol. The van der Waals surface area contributed by atoms with E-state index in [4.69, 9.17) is 9.47 Å². The Bertz CT molecular complexity index is 522. The molecule has 0 saturated carbocycles. The highest BCUT2D eigenvalue weighted by atomic mass is 16.6. The van der Waals surface area contributed by atoms with Gasteiger partial charge in [0.25, 0.3) is 0 Å². The van der Waals surface area contributed by atoms with Crippen LogP contribution in [-0.4, -0.2) is 55.6 Å². The predicted molar refractivity (Wildman–Crippen MR) is 130 cm³/mol. The van der Waals surface area contributed by atoms with E-state index in [1.807, 2.05) is 14.0 Å². The number of carbonyl (C=O) groups excluding carboxylic acids is 1. The number of nitrogens with zero attached hydrogens (tertiary/aromatic N) is 1. The van der Waals surface area contributed by atoms with Crippen LogP contribution >= 0.6 is 0 Å². The minimum atomic E-state index is -0.690. The zero-order chi connectivity index (χ0) is 23.7. The molecule has 31 heavy (non-hydrogen) atoms. The van der Waals surface area contributed by atoms with Crippen molar-refractivity contribution >= 4 is 5.91 Å². The molecule has 0 fully saturated rings. The van der Waals surface area contributed by atoms with Gasteiger partial charge in [-0.15, -0.1) is 0 Å². The van der Waals surface area contributed by atoms with E-state index in [0.29, 0.717) is 45.1 Å². The third-order valence-corrected chi connectivity index (χ3v) is 5.53. The molecule has 0 aromatic heterocycles. The molecule has 0 aromatic carbocycles. The van der Waals surface area contributed by atoms with Gasteiger partial charge in [-0.1, -0.05) is 65.7 Å². The quantitative estimate of drug-likeness (QED) is 0.179. The fraction of sp³-hybridized carbons (Fsp3) is 0.808. The number of hydrogen-bond donors (Lipinski definition) is 1. The highest BCUT2D eigenvalue weighted by molar-refractivity contribution is 5.75. The average Bonchev–Trinajstić information content (AvgIpc) is 2.70. The number of hydrogen-bond acceptors (Lipinski definition) is 4. The van der Waals surface area contributed by atoms with Crippen molar-refractivity contribution in [2.45, 2.75) is 92.8 Å². The molecule has 1 amide bonds. The van der Waals surface area contributed by atoms with E-state index in [0.717, 1.165) is 32.1 Å². The van der Waals surface area contributed by atoms with Crippen LogP contribution < -0.4 is 0 Å². The Morgan fingerprint density at radius 1 is 1.10 bits per heavy atom. The van der Waals surface area contributed by atoms with Crippen LogP contribution in [0.25, 0.3) is 0 Å². The summed E-state index contributed by atoms with van der Waals surface area (Å²) >= 11 is 0. The van der Waals surface area contributed by atoms with Gasteiger partial charge < -0.3 is 19.5 Å². The number of aliphatic hydroxyl groups excluding tert-OH is 1. The average molecular weight is 440 g/mol. The highest BCUT2D eigenvalue weighted by Gasteiger charge is 2.18. The van der Waals surface area contributed by atoms with Gasteiger partial charge in [-0.3, -0.25) is 4.79 Å². The molecule has 0 aliphatic heterocycles. The summed E-state index contributed by atoms with van der Waals surface area (Å²) in [5.41, 5.74) is 1.31. The summed E-state index contributed by atoms with van der Waals surface area (Å²) in [6.45, 7) is 15.0. The lowest BCUT2D eigenvalue weighted by Gasteiger charge is -2.24. The fourth-order valence-corrected chi connectivity index (χ4v) is 3.36. The van der Waals surface area contributed by atoms with E-state index in [1.54, 1.807) is 4.90 Å². The van der Waals surface area contributed by atoms with Crippen LogP contribution in [0.2, 0.25) is 0 Å². The van der Waals surface area contributed by atoms with E-state index in [1.165, 1.54) is 5.57 Å². The smallest absolute Gasteiger partial charge is 0.222 e. The van der Waals surface area contributed by atoms with Gasteiger partial charge >= 0.3 is 0 Å². The first-order valence-corrected chi connectivity index (χ1v) is 12.1. The second-order valence-corrected chi connectivity index (χ2v) is 9.33. The van der Waals surface area contributed by atoms with Crippen molar-refractivity contribution in [1.29, 1.82) is 0 Å². The van der Waals surface area contributed by atoms with Crippen molar-refractivity contribution < 1.29 is 19.4 Å². The van der Waals surface area contributed by atoms with Gasteiger partial charge in [-0.25, -0.2) is 0 Å². The summed E-state index contributed by atoms with van der Waals surface area (Å²) in [6.07, 6.45) is 11.8. The van der Waals surface area contributed by atoms with Gasteiger partial charge in [0.05, 0.1) is 13.2 Å². The zero-order valence-electron chi connectivity index (χ0n) is 21.3. The number of carbonyl (C=O) groups is 1. The summed E-state index contributed by atoms with van der Waals surface area (Å²) in [5.74, 6) is 0.608. The fourth-order valence-electron chi connectivity index (χ4n) is 3.36. The first-order chi connectivity index (χ1) is 14.6. The van der Waals surface area contributed by atoms with Gasteiger partial charge in [-0.05, 0) is 49.5 Å². The second kappa shape index (κ2) is 17.4. The zero-order valence-corrected chi connectivity index (χ0v) is 21.3. The van der Waals surface area contributed by atoms with Gasteiger partial charge in [0.2, 0.25) is 5.91 Å². The Labute approximate surface area is 191 Å². The van der Waals surface area contributed by atoms with Crippen LogP contribution in [0.4, 0.5) is 0 Å². The number of rotatable bonds is 17. The monoisotopic (exact) mass is 439 g/mol. The molecule has 5 heteroatoms. The molecule has 0 heterocycles. The van der Waals surface area contributed by atoms with Gasteiger partial charge in [-0.2, -0.15) is 0 Å². The van der Waals surface area contributed by atoms with Crippen molar-refractivity contribution in [2.24, 2.45) is 11.3 Å². The van der Waals surface area contributed by atoms with Crippen molar-refractivity contribution in [1.82, 2.24) is 4.90 Å². The minimum Gasteiger partial charge on any atom is -0.375 e. The topological polar surface area (TPSA) is 59.0 Å². The molecule has 0 aromatic rings. The maximum Gasteiger partial charge on any atom is 0.222 e. The number of ether oxygens (including phenoxy) is 2. The molecule has 5 nitrogen and oxygen atoms in total. The summed E-state index contributed by atoms with van der Waals surface area (Å²) in [5, 5.41) is 9.78. The summed E-state index contributed by atoms with van der Waals surface area (Å²) < 4.78 is 11.1. The normalized spacial score (nSPS) is 14.8. The number of likely N-dealkylation sites (N-methyl/N-ethyl adjacent to an activating group) is 1. The lowest BCUT2D eigenvalue weighted by Crippen LogP contribution is -2.30. The van der Waals surface area contributed by atoms with Crippen molar-refractivity contribution in [2.75, 3.05) is 33.4 Å². The molecular formula is C26H49NO4. The van der Waals surface area contributed by atoms with Crippen molar-refractivity contribution in [3.05, 3.63) is 23.8 Å². The first-order valence-electron chi connectivity index (χ1n) is 12.1. The SMILES string of the molecule is CC/C=C\C=C(/COCCN(C)C(=O)CC[C@@H](CCC)CC[C@H](O)OCC)C(C)(C)C. The Kier molecular flexibility index (Phi) is 16.7. The third kappa shape index (κ3) is 15.3. The molecule has 0 unspecified atom stereocenters. The molecule has 0 rings (SSSR count). The Morgan fingerprint density at radius 3 is 2.39 bits per heavy atom. The number of amides is 1. The van der Waals surface area contributed by atoms with Gasteiger partial charge in [0.15, 0.2) is 6.29 Å². The van der Waals surface area contributed by atoms with E-state index in [2.05, 4.69) is 52.8 Å². The van der Waals surface area contributed by atoms with Crippen LogP contribution in [0.1, 0.15) is 86.5 Å². The molecule has 182 valence electrons. The summed E-state index contributed by atoms with van der Waals surface area (Å²) in [6, 6.07) is 0. The standard InChI is InChI=1S/C26H49NO4/c1-8-11-12-14-23(26(4,5)6)21-30-20-19-27(7)24(28)17-15-22(13-9-2)16-18-25(29)31-10-3/h11-12,14,22,25,29H,8-10,13,15-21H2,1-7H3/b12-11-,23-14+/t22-,25-/m1/s1. The molecule has 0 aliphatic carbocycles. The van der Waals surface area contributed by atoms with Crippen LogP contribution in [0.15, 0.2) is 23.8 Å². The lowest BCUT2D eigenvalue weighted by molar-refractivity contribution is -0.130. The van der Waals surface area contributed by atoms with Gasteiger partial charge in [0.1, 0.15) is 0 Å². The predicted octanol–water partition coefficient (Wildman–Crippen LogP) is 5.73. The van der Waals surface area contributed by atoms with E-state index in [-0.39, 0.29) is 11.3 Å². The Hall–Kier alpha value is -1.17. The highest BCUT2D eigenvalue weighted by Crippen LogP contribution is 2.25. The molecule has 0 spiro atoms. The molecule has 0 bridgehead atoms. The molecule has 0 radical (unpaired) electrons. The molecule has 0 aliphatic rings. The third-order valence-electron chi connectivity index (χ3n) is 5.53. The largest absolute Gasteiger partial charge is 0.375 e. The molecule has 0 saturated heterocycles. The van der Waals surface area contributed by atoms with Crippen LogP contribution in [0.5, 0.6) is 0 Å². The van der Waals surface area contributed by atoms with Crippen molar-refractivity contribution in [3.63, 3.8) is 0 Å². The minimum absolute atomic E-state index is 0.0594. The lowest BCUT2D eigenvalue weighted by atomic mass is 9.86. The maximum atomic E-state index is 12.5. The molecule has 1 N–H and O–H groups in total. The molecule has 2 atom stereocenters. The first kappa shape index (κ1) is 29.8. The summed E-state index contributed by atoms with van der Waals surface area (Å²) in [7, 11) is 1.85. The van der Waals surface area contributed by atoms with Crippen LogP contribution in [0, 0.1) is 11.3 Å². The second-order valence-electron chi connectivity index (χ2n) is 9.33. The van der Waals surface area contributed by atoms with Crippen LogP contribution in [0.3, 0.4) is 0 Å². The number of aliphatic hydroxyl groups is 1. The maximum absolute atomic E-state index is 12.5. The van der Waals surface area contributed by atoms with E-state index < -0.39 is 6.29 Å². The number of allylic oxidation sites excluding steroid dienone is 3. The Balaban J connectivity index is 4.37.